The first-order chi connectivity index (χ1) is 12.5. The molecule has 0 unspecified atom stereocenters. The van der Waals surface area contributed by atoms with Crippen LogP contribution in [0, 0.1) is 10.1 Å². The molecule has 1 heterocycles. The van der Waals surface area contributed by atoms with Crippen LogP contribution in [0.15, 0.2) is 53.6 Å². The maximum Gasteiger partial charge on any atom is 0.269 e. The Morgan fingerprint density at radius 2 is 2.00 bits per heavy atom. The number of hydrogen-bond acceptors (Lipinski definition) is 7. The smallest absolute Gasteiger partial charge is 0.269 e. The summed E-state index contributed by atoms with van der Waals surface area (Å²) in [7, 11) is 0. The summed E-state index contributed by atoms with van der Waals surface area (Å²) in [5.41, 5.74) is 3.95. The monoisotopic (exact) mass is 369 g/mol. The summed E-state index contributed by atoms with van der Waals surface area (Å²) >= 11 is 1.47. The quantitative estimate of drug-likeness (QED) is 0.394. The standard InChI is InChI=1S/C17H15N5O3S/c1-11(19-17-20-14-4-2-3-5-15(14)26-17)16(23)21-18-10-12-6-8-13(9-7-12)22(24)25/h2-11H,1H3,(H,19,20)(H,21,23)/b18-10-/t11-/m1/s1. The second kappa shape index (κ2) is 7.70. The van der Waals surface area contributed by atoms with E-state index in [4.69, 9.17) is 0 Å². The van der Waals surface area contributed by atoms with E-state index in [0.717, 1.165) is 10.2 Å². The molecule has 0 spiro atoms. The Morgan fingerprint density at radius 1 is 1.27 bits per heavy atom. The molecule has 2 aromatic carbocycles. The number of nitro groups is 1. The number of anilines is 1. The Bertz CT molecular complexity index is 935. The van der Waals surface area contributed by atoms with Crippen molar-refractivity contribution in [3.63, 3.8) is 0 Å². The van der Waals surface area contributed by atoms with E-state index in [9.17, 15) is 14.9 Å². The highest BCUT2D eigenvalue weighted by Crippen LogP contribution is 2.25. The predicted molar refractivity (Wildman–Crippen MR) is 102 cm³/mol. The molecule has 8 nitrogen and oxygen atoms in total. The van der Waals surface area contributed by atoms with Crippen LogP contribution in [-0.2, 0) is 4.79 Å². The van der Waals surface area contributed by atoms with Crippen LogP contribution in [0.5, 0.6) is 0 Å². The number of carbonyl (C=O) groups excluding carboxylic acids is 1. The Hall–Kier alpha value is -3.33. The van der Waals surface area contributed by atoms with Gasteiger partial charge in [-0.15, -0.1) is 0 Å². The third kappa shape index (κ3) is 4.19. The van der Waals surface area contributed by atoms with Gasteiger partial charge < -0.3 is 5.32 Å². The van der Waals surface area contributed by atoms with Crippen molar-refractivity contribution in [2.24, 2.45) is 5.10 Å². The lowest BCUT2D eigenvalue weighted by molar-refractivity contribution is -0.384. The number of rotatable bonds is 6. The van der Waals surface area contributed by atoms with Gasteiger partial charge in [0.25, 0.3) is 11.6 Å². The number of hydrogen-bond donors (Lipinski definition) is 2. The van der Waals surface area contributed by atoms with Gasteiger partial charge in [-0.25, -0.2) is 10.4 Å². The van der Waals surface area contributed by atoms with Crippen molar-refractivity contribution in [1.82, 2.24) is 10.4 Å². The summed E-state index contributed by atoms with van der Waals surface area (Å²) in [5.74, 6) is -0.317. The van der Waals surface area contributed by atoms with Crippen LogP contribution < -0.4 is 10.7 Å². The third-order valence-electron chi connectivity index (χ3n) is 3.52. The zero-order valence-corrected chi connectivity index (χ0v) is 14.6. The molecule has 0 bridgehead atoms. The number of non-ortho nitro benzene ring substituents is 1. The number of fused-ring (bicyclic) bond motifs is 1. The highest BCUT2D eigenvalue weighted by atomic mass is 32.1. The number of benzene rings is 2. The molecule has 26 heavy (non-hydrogen) atoms. The highest BCUT2D eigenvalue weighted by molar-refractivity contribution is 7.22. The van der Waals surface area contributed by atoms with Gasteiger partial charge >= 0.3 is 0 Å². The van der Waals surface area contributed by atoms with E-state index in [0.29, 0.717) is 10.7 Å². The first-order valence-corrected chi connectivity index (χ1v) is 8.54. The Labute approximate surface area is 152 Å². The number of hydrazone groups is 1. The van der Waals surface area contributed by atoms with Crippen molar-refractivity contribution in [1.29, 1.82) is 0 Å². The Balaban J connectivity index is 1.55. The lowest BCUT2D eigenvalue weighted by Crippen LogP contribution is -2.34. The van der Waals surface area contributed by atoms with Crippen LogP contribution in [0.25, 0.3) is 10.2 Å². The summed E-state index contributed by atoms with van der Waals surface area (Å²) in [4.78, 5) is 26.6. The minimum atomic E-state index is -0.524. The fourth-order valence-corrected chi connectivity index (χ4v) is 3.09. The van der Waals surface area contributed by atoms with E-state index in [2.05, 4.69) is 20.8 Å². The summed E-state index contributed by atoms with van der Waals surface area (Å²) in [6.07, 6.45) is 1.42. The van der Waals surface area contributed by atoms with Crippen LogP contribution in [0.4, 0.5) is 10.8 Å². The van der Waals surface area contributed by atoms with Crippen molar-refractivity contribution in [2.75, 3.05) is 5.32 Å². The molecule has 1 aromatic heterocycles. The molecule has 0 aliphatic carbocycles. The van der Waals surface area contributed by atoms with Gasteiger partial charge in [0.05, 0.1) is 21.4 Å². The minimum absolute atomic E-state index is 0.000146. The van der Waals surface area contributed by atoms with Crippen molar-refractivity contribution in [2.45, 2.75) is 13.0 Å². The van der Waals surface area contributed by atoms with E-state index in [1.807, 2.05) is 24.3 Å². The van der Waals surface area contributed by atoms with Gasteiger partial charge in [0.15, 0.2) is 5.13 Å². The molecule has 132 valence electrons. The number of carbonyl (C=O) groups is 1. The number of amides is 1. The Morgan fingerprint density at radius 3 is 2.69 bits per heavy atom. The van der Waals surface area contributed by atoms with Gasteiger partial charge in [-0.1, -0.05) is 23.5 Å². The van der Waals surface area contributed by atoms with Crippen LogP contribution in [0.1, 0.15) is 12.5 Å². The third-order valence-corrected chi connectivity index (χ3v) is 4.49. The van der Waals surface area contributed by atoms with Gasteiger partial charge in [-0.3, -0.25) is 14.9 Å². The molecular formula is C17H15N5O3S. The van der Waals surface area contributed by atoms with E-state index < -0.39 is 11.0 Å². The molecule has 3 aromatic rings. The summed E-state index contributed by atoms with van der Waals surface area (Å²) in [6.45, 7) is 1.71. The largest absolute Gasteiger partial charge is 0.350 e. The van der Waals surface area contributed by atoms with Gasteiger partial charge in [0.2, 0.25) is 0 Å². The number of aromatic nitrogens is 1. The molecule has 0 aliphatic heterocycles. The van der Waals surface area contributed by atoms with Crippen molar-refractivity contribution in [3.8, 4) is 0 Å². The lowest BCUT2D eigenvalue weighted by atomic mass is 10.2. The first kappa shape index (κ1) is 17.5. The first-order valence-electron chi connectivity index (χ1n) is 7.72. The second-order valence-corrected chi connectivity index (χ2v) is 6.47. The highest BCUT2D eigenvalue weighted by Gasteiger charge is 2.14. The van der Waals surface area contributed by atoms with Crippen LogP contribution in [0.2, 0.25) is 0 Å². The molecule has 1 amide bonds. The number of nitro benzene ring substituents is 1. The van der Waals surface area contributed by atoms with E-state index >= 15 is 0 Å². The van der Waals surface area contributed by atoms with Crippen molar-refractivity contribution in [3.05, 3.63) is 64.2 Å². The molecule has 0 fully saturated rings. The Kier molecular flexibility index (Phi) is 5.18. The summed E-state index contributed by atoms with van der Waals surface area (Å²) < 4.78 is 1.04. The van der Waals surface area contributed by atoms with Crippen LogP contribution in [0.3, 0.4) is 0 Å². The zero-order valence-electron chi connectivity index (χ0n) is 13.7. The van der Waals surface area contributed by atoms with Gasteiger partial charge in [0, 0.05) is 12.1 Å². The minimum Gasteiger partial charge on any atom is -0.350 e. The van der Waals surface area contributed by atoms with Crippen molar-refractivity contribution >= 4 is 44.5 Å². The normalized spacial score (nSPS) is 12.2. The van der Waals surface area contributed by atoms with Gasteiger partial charge in [-0.2, -0.15) is 5.10 Å². The number of nitrogens with one attached hydrogen (secondary N) is 2. The molecule has 0 saturated heterocycles. The second-order valence-electron chi connectivity index (χ2n) is 5.44. The fourth-order valence-electron chi connectivity index (χ4n) is 2.13. The molecule has 3 rings (SSSR count). The average molecular weight is 369 g/mol. The van der Waals surface area contributed by atoms with E-state index in [-0.39, 0.29) is 11.6 Å². The fraction of sp³-hybridized carbons (Fsp3) is 0.118. The zero-order chi connectivity index (χ0) is 18.5. The molecule has 1 atom stereocenters. The molecule has 0 saturated carbocycles. The molecular weight excluding hydrogens is 354 g/mol. The van der Waals surface area contributed by atoms with Crippen LogP contribution in [-0.4, -0.2) is 28.1 Å². The maximum atomic E-state index is 12.1. The van der Waals surface area contributed by atoms with Crippen molar-refractivity contribution < 1.29 is 9.72 Å². The number of thiazole rings is 1. The van der Waals surface area contributed by atoms with E-state index in [1.165, 1.54) is 29.7 Å². The predicted octanol–water partition coefficient (Wildman–Crippen LogP) is 3.16. The SMILES string of the molecule is C[C@@H](Nc1nc2ccccc2s1)C(=O)N/N=C\c1ccc([N+](=O)[O-])cc1. The molecule has 0 aliphatic rings. The number of para-hydroxylation sites is 1. The molecule has 0 radical (unpaired) electrons. The summed E-state index contributed by atoms with van der Waals surface area (Å²) in [6, 6.07) is 13.1. The average Bonchev–Trinajstić information content (AvgIpc) is 3.04. The number of nitrogens with zero attached hydrogens (tertiary/aromatic N) is 3. The van der Waals surface area contributed by atoms with E-state index in [1.54, 1.807) is 19.1 Å². The van der Waals surface area contributed by atoms with Gasteiger partial charge in [-0.05, 0) is 36.8 Å². The molecule has 2 N–H and O–H groups in total. The van der Waals surface area contributed by atoms with Gasteiger partial charge in [0.1, 0.15) is 6.04 Å². The topological polar surface area (TPSA) is 110 Å². The lowest BCUT2D eigenvalue weighted by Gasteiger charge is -2.10. The maximum absolute atomic E-state index is 12.1. The summed E-state index contributed by atoms with van der Waals surface area (Å²) in [5, 5.41) is 18.2. The van der Waals surface area contributed by atoms with Crippen LogP contribution >= 0.6 is 11.3 Å². The molecule has 9 heteroatoms.